The first-order chi connectivity index (χ1) is 12.9. The molecule has 2 N–H and O–H groups in total. The van der Waals surface area contributed by atoms with Crippen LogP contribution in [0, 0.1) is 0 Å². The first-order valence-electron chi connectivity index (χ1n) is 8.92. The minimum atomic E-state index is -0.712. The van der Waals surface area contributed by atoms with Crippen LogP contribution >= 0.6 is 0 Å². The molecule has 146 valence electrons. The predicted molar refractivity (Wildman–Crippen MR) is 102 cm³/mol. The number of anilines is 2. The fraction of sp³-hybridized carbons (Fsp3) is 0.500. The molecule has 0 bridgehead atoms. The van der Waals surface area contributed by atoms with Crippen molar-refractivity contribution in [1.82, 2.24) is 15.2 Å². The summed E-state index contributed by atoms with van der Waals surface area (Å²) in [5, 5.41) is 5.32. The molecule has 0 spiro atoms. The summed E-state index contributed by atoms with van der Waals surface area (Å²) in [6.45, 7) is 5.61. The molecule has 1 aliphatic heterocycles. The number of amides is 2. The van der Waals surface area contributed by atoms with Crippen molar-refractivity contribution in [3.05, 3.63) is 18.2 Å². The number of nitrogens with zero attached hydrogens (tertiary/aromatic N) is 3. The molecule has 27 heavy (non-hydrogen) atoms. The van der Waals surface area contributed by atoms with Gasteiger partial charge in [-0.25, -0.2) is 0 Å². The van der Waals surface area contributed by atoms with Gasteiger partial charge in [-0.2, -0.15) is 4.98 Å². The van der Waals surface area contributed by atoms with Crippen LogP contribution in [0.2, 0.25) is 0 Å². The van der Waals surface area contributed by atoms with E-state index in [1.165, 1.54) is 0 Å². The Kier molecular flexibility index (Phi) is 5.92. The van der Waals surface area contributed by atoms with Gasteiger partial charge in [-0.3, -0.25) is 14.5 Å². The van der Waals surface area contributed by atoms with Crippen molar-refractivity contribution in [2.45, 2.75) is 13.0 Å². The molecular formula is C18H25N5O4. The highest BCUT2D eigenvalue weighted by atomic mass is 16.5. The van der Waals surface area contributed by atoms with Crippen LogP contribution < -0.4 is 15.5 Å². The number of hydrogen-bond acceptors (Lipinski definition) is 7. The van der Waals surface area contributed by atoms with Crippen LogP contribution in [-0.2, 0) is 14.3 Å². The molecule has 1 aromatic heterocycles. The van der Waals surface area contributed by atoms with E-state index in [0.717, 1.165) is 13.1 Å². The molecular weight excluding hydrogens is 350 g/mol. The van der Waals surface area contributed by atoms with Gasteiger partial charge in [0.25, 0.3) is 6.01 Å². The third kappa shape index (κ3) is 4.95. The summed E-state index contributed by atoms with van der Waals surface area (Å²) < 4.78 is 10.9. The summed E-state index contributed by atoms with van der Waals surface area (Å²) in [5.74, 6) is -1.38. The summed E-state index contributed by atoms with van der Waals surface area (Å²) in [6.07, 6.45) is 0. The lowest BCUT2D eigenvalue weighted by molar-refractivity contribution is -0.136. The zero-order valence-electron chi connectivity index (χ0n) is 15.8. The van der Waals surface area contributed by atoms with E-state index >= 15 is 0 Å². The van der Waals surface area contributed by atoms with Crippen molar-refractivity contribution in [1.29, 1.82) is 0 Å². The van der Waals surface area contributed by atoms with E-state index in [0.29, 0.717) is 42.6 Å². The van der Waals surface area contributed by atoms with Gasteiger partial charge in [0.1, 0.15) is 5.52 Å². The molecule has 2 heterocycles. The van der Waals surface area contributed by atoms with Crippen molar-refractivity contribution in [2.24, 2.45) is 0 Å². The second kappa shape index (κ2) is 8.36. The number of nitrogens with one attached hydrogen (secondary N) is 2. The largest absolute Gasteiger partial charge is 0.423 e. The second-order valence-electron chi connectivity index (χ2n) is 6.81. The summed E-state index contributed by atoms with van der Waals surface area (Å²) in [6, 6.07) is 5.41. The summed E-state index contributed by atoms with van der Waals surface area (Å²) >= 11 is 0. The van der Waals surface area contributed by atoms with E-state index in [1.54, 1.807) is 23.1 Å². The minimum absolute atomic E-state index is 0.138. The molecule has 0 saturated carbocycles. The fourth-order valence-electron chi connectivity index (χ4n) is 2.88. The third-order valence-corrected chi connectivity index (χ3v) is 4.24. The Morgan fingerprint density at radius 3 is 2.70 bits per heavy atom. The van der Waals surface area contributed by atoms with Gasteiger partial charge in [-0.15, -0.1) is 0 Å². The summed E-state index contributed by atoms with van der Waals surface area (Å²) in [5.41, 5.74) is 1.70. The Labute approximate surface area is 157 Å². The second-order valence-corrected chi connectivity index (χ2v) is 6.81. The van der Waals surface area contributed by atoms with E-state index in [1.807, 2.05) is 21.0 Å². The predicted octanol–water partition coefficient (Wildman–Crippen LogP) is 0.669. The SMILES string of the molecule is C[C@@H](CN1CCOCC1)NC(=O)C(=O)Nc1ccc2nc(N(C)C)oc2c1. The highest BCUT2D eigenvalue weighted by molar-refractivity contribution is 6.39. The van der Waals surface area contributed by atoms with Gasteiger partial charge in [0, 0.05) is 51.5 Å². The number of morpholine rings is 1. The molecule has 0 unspecified atom stereocenters. The molecule has 9 heteroatoms. The van der Waals surface area contributed by atoms with E-state index in [9.17, 15) is 9.59 Å². The van der Waals surface area contributed by atoms with E-state index in [-0.39, 0.29) is 6.04 Å². The first kappa shape index (κ1) is 19.1. The molecule has 1 aliphatic rings. The molecule has 3 rings (SSSR count). The molecule has 2 amide bonds. The molecule has 0 aliphatic carbocycles. The van der Waals surface area contributed by atoms with E-state index in [4.69, 9.17) is 9.15 Å². The van der Waals surface area contributed by atoms with Gasteiger partial charge in [0.2, 0.25) is 0 Å². The fourth-order valence-corrected chi connectivity index (χ4v) is 2.88. The lowest BCUT2D eigenvalue weighted by atomic mass is 10.2. The lowest BCUT2D eigenvalue weighted by Crippen LogP contribution is -2.48. The highest BCUT2D eigenvalue weighted by Gasteiger charge is 2.19. The molecule has 9 nitrogen and oxygen atoms in total. The van der Waals surface area contributed by atoms with Gasteiger partial charge < -0.3 is 24.7 Å². The van der Waals surface area contributed by atoms with Gasteiger partial charge >= 0.3 is 11.8 Å². The molecule has 2 aromatic rings. The van der Waals surface area contributed by atoms with Crippen LogP contribution in [0.25, 0.3) is 11.1 Å². The Balaban J connectivity index is 1.55. The minimum Gasteiger partial charge on any atom is -0.423 e. The number of ether oxygens (including phenoxy) is 1. The zero-order chi connectivity index (χ0) is 19.4. The number of oxazole rings is 1. The Hall–Kier alpha value is -2.65. The normalized spacial score (nSPS) is 16.1. The Morgan fingerprint density at radius 2 is 2.00 bits per heavy atom. The van der Waals surface area contributed by atoms with Gasteiger partial charge in [0.15, 0.2) is 5.58 Å². The number of aromatic nitrogens is 1. The highest BCUT2D eigenvalue weighted by Crippen LogP contribution is 2.23. The Bertz CT molecular complexity index is 813. The zero-order valence-corrected chi connectivity index (χ0v) is 15.8. The number of benzene rings is 1. The van der Waals surface area contributed by atoms with Crippen LogP contribution in [0.1, 0.15) is 6.92 Å². The maximum Gasteiger partial charge on any atom is 0.313 e. The topological polar surface area (TPSA) is 99.9 Å². The summed E-state index contributed by atoms with van der Waals surface area (Å²) in [4.78, 5) is 32.6. The lowest BCUT2D eigenvalue weighted by Gasteiger charge is -2.29. The molecule has 1 atom stereocenters. The molecule has 0 radical (unpaired) electrons. The quantitative estimate of drug-likeness (QED) is 0.741. The number of carbonyl (C=O) groups is 2. The molecule has 1 fully saturated rings. The molecule has 1 saturated heterocycles. The average Bonchev–Trinajstić information content (AvgIpc) is 3.06. The Morgan fingerprint density at radius 1 is 1.26 bits per heavy atom. The van der Waals surface area contributed by atoms with Crippen LogP contribution in [0.15, 0.2) is 22.6 Å². The molecule has 1 aromatic carbocycles. The standard InChI is InChI=1S/C18H25N5O4/c1-12(11-23-6-8-26-9-7-23)19-16(24)17(25)20-13-4-5-14-15(10-13)27-18(21-14)22(2)3/h4-5,10,12H,6-9,11H2,1-3H3,(H,19,24)(H,20,25)/t12-/m0/s1. The van der Waals surface area contributed by atoms with Gasteiger partial charge in [-0.05, 0) is 19.1 Å². The van der Waals surface area contributed by atoms with Crippen molar-refractivity contribution < 1.29 is 18.7 Å². The van der Waals surface area contributed by atoms with E-state index < -0.39 is 11.8 Å². The first-order valence-corrected chi connectivity index (χ1v) is 8.92. The average molecular weight is 375 g/mol. The van der Waals surface area contributed by atoms with E-state index in [2.05, 4.69) is 20.5 Å². The third-order valence-electron chi connectivity index (χ3n) is 4.24. The van der Waals surface area contributed by atoms with Crippen molar-refractivity contribution >= 4 is 34.6 Å². The maximum absolute atomic E-state index is 12.2. The number of carbonyl (C=O) groups excluding carboxylic acids is 2. The maximum atomic E-state index is 12.2. The monoisotopic (exact) mass is 375 g/mol. The van der Waals surface area contributed by atoms with Gasteiger partial charge in [0.05, 0.1) is 13.2 Å². The van der Waals surface area contributed by atoms with Crippen LogP contribution in [-0.4, -0.2) is 74.7 Å². The van der Waals surface area contributed by atoms with Crippen molar-refractivity contribution in [2.75, 3.05) is 57.2 Å². The summed E-state index contributed by atoms with van der Waals surface area (Å²) in [7, 11) is 3.66. The number of fused-ring (bicyclic) bond motifs is 1. The van der Waals surface area contributed by atoms with Crippen LogP contribution in [0.3, 0.4) is 0 Å². The van der Waals surface area contributed by atoms with Crippen molar-refractivity contribution in [3.8, 4) is 0 Å². The van der Waals surface area contributed by atoms with Crippen LogP contribution in [0.5, 0.6) is 0 Å². The number of rotatable bonds is 5. The number of hydrogen-bond donors (Lipinski definition) is 2. The van der Waals surface area contributed by atoms with Gasteiger partial charge in [-0.1, -0.05) is 0 Å². The smallest absolute Gasteiger partial charge is 0.313 e. The van der Waals surface area contributed by atoms with Crippen molar-refractivity contribution in [3.63, 3.8) is 0 Å². The van der Waals surface area contributed by atoms with Crippen LogP contribution in [0.4, 0.5) is 11.7 Å².